The van der Waals surface area contributed by atoms with Crippen LogP contribution in [0, 0.1) is 0 Å². The number of hydrogen-bond acceptors (Lipinski definition) is 7. The minimum atomic E-state index is 0.533. The molecule has 0 aliphatic rings. The van der Waals surface area contributed by atoms with Crippen LogP contribution in [0.5, 0.6) is 0 Å². The van der Waals surface area contributed by atoms with Crippen molar-refractivity contribution in [2.24, 2.45) is 0 Å². The Bertz CT molecular complexity index is 3930. The molecule has 0 fully saturated rings. The van der Waals surface area contributed by atoms with Crippen LogP contribution in [0.2, 0.25) is 0 Å². The van der Waals surface area contributed by atoms with Crippen LogP contribution >= 0.6 is 0 Å². The van der Waals surface area contributed by atoms with Gasteiger partial charge in [-0.25, -0.2) is 19.9 Å². The van der Waals surface area contributed by atoms with Gasteiger partial charge in [0.2, 0.25) is 5.95 Å². The quantitative estimate of drug-likeness (QED) is 0.157. The van der Waals surface area contributed by atoms with Crippen LogP contribution in [-0.4, -0.2) is 44.0 Å². The summed E-state index contributed by atoms with van der Waals surface area (Å²) in [7, 11) is 0. The smallest absolute Gasteiger partial charge is 0.238 e. The van der Waals surface area contributed by atoms with E-state index in [1.807, 2.05) is 115 Å². The number of benzene rings is 8. The molecule has 13 rings (SSSR count). The van der Waals surface area contributed by atoms with Gasteiger partial charge in [-0.2, -0.15) is 9.97 Å². The van der Waals surface area contributed by atoms with Crippen LogP contribution in [0.25, 0.3) is 123 Å². The van der Waals surface area contributed by atoms with Gasteiger partial charge in [0.15, 0.2) is 29.1 Å². The topological polar surface area (TPSA) is 100 Å². The Hall–Kier alpha value is -9.21. The third-order valence-corrected chi connectivity index (χ3v) is 12.3. The highest BCUT2D eigenvalue weighted by molar-refractivity contribution is 6.26. The Labute approximate surface area is 378 Å². The molecule has 13 aromatic rings. The lowest BCUT2D eigenvalue weighted by atomic mass is 10.1. The van der Waals surface area contributed by atoms with Crippen molar-refractivity contribution < 1.29 is 0 Å². The van der Waals surface area contributed by atoms with Crippen molar-refractivity contribution >= 4 is 54.5 Å². The highest BCUT2D eigenvalue weighted by Crippen LogP contribution is 2.43. The van der Waals surface area contributed by atoms with Crippen LogP contribution in [0.1, 0.15) is 0 Å². The van der Waals surface area contributed by atoms with E-state index in [2.05, 4.69) is 106 Å². The number of rotatable bonds is 7. The molecular weight excluding hydrogens is 811 g/mol. The standard InChI is InChI=1S/C57H35N9/c1-4-18-37(19-5-1)52-60-55(62-56(61-52)44-29-16-24-36-25-17-35-58-50(36)44)43-28-12-15-32-47(43)65-45-30-13-10-26-40(45)41-33-34-48-49(51(41)65)42-27-11-14-31-46(42)66(48)57-63-53(38-20-6-2-7-21-38)59-54(64-57)39-22-8-3-9-23-39/h1-35H. The molecular formula is C57H35N9. The van der Waals surface area contributed by atoms with Gasteiger partial charge in [-0.15, -0.1) is 0 Å². The summed E-state index contributed by atoms with van der Waals surface area (Å²) in [4.78, 5) is 35.9. The monoisotopic (exact) mass is 845 g/mol. The van der Waals surface area contributed by atoms with Crippen molar-refractivity contribution in [1.29, 1.82) is 0 Å². The van der Waals surface area contributed by atoms with E-state index in [0.717, 1.165) is 88.0 Å². The SMILES string of the molecule is c1ccc(-c2nc(-c3ccccc3-n3c4ccccc4c4ccc5c(c6ccccc6n5-c5nc(-c6ccccc6)nc(-c6ccccc6)n5)c43)nc(-c3cccc4cccnc34)n2)cc1. The predicted octanol–water partition coefficient (Wildman–Crippen LogP) is 13.1. The first kappa shape index (κ1) is 37.4. The van der Waals surface area contributed by atoms with Crippen molar-refractivity contribution in [3.8, 4) is 68.6 Å². The van der Waals surface area contributed by atoms with Gasteiger partial charge in [0.25, 0.3) is 0 Å². The highest BCUT2D eigenvalue weighted by atomic mass is 15.2. The van der Waals surface area contributed by atoms with Crippen molar-refractivity contribution in [2.75, 3.05) is 0 Å². The Morgan fingerprint density at radius 1 is 0.318 bits per heavy atom. The summed E-state index contributed by atoms with van der Waals surface area (Å²) in [5.74, 6) is 3.40. The molecule has 9 heteroatoms. The van der Waals surface area contributed by atoms with E-state index < -0.39 is 0 Å². The lowest BCUT2D eigenvalue weighted by Gasteiger charge is -2.15. The lowest BCUT2D eigenvalue weighted by Crippen LogP contribution is -2.06. The van der Waals surface area contributed by atoms with E-state index in [4.69, 9.17) is 34.9 Å². The van der Waals surface area contributed by atoms with E-state index >= 15 is 0 Å². The van der Waals surface area contributed by atoms with Crippen LogP contribution in [0.4, 0.5) is 0 Å². The number of hydrogen-bond donors (Lipinski definition) is 0. The zero-order chi connectivity index (χ0) is 43.6. The van der Waals surface area contributed by atoms with Gasteiger partial charge in [0.05, 0.1) is 33.3 Å². The van der Waals surface area contributed by atoms with Crippen molar-refractivity contribution in [1.82, 2.24) is 44.0 Å². The first-order valence-corrected chi connectivity index (χ1v) is 21.8. The molecule has 8 aromatic carbocycles. The van der Waals surface area contributed by atoms with E-state index in [9.17, 15) is 0 Å². The molecule has 0 aliphatic carbocycles. The maximum Gasteiger partial charge on any atom is 0.238 e. The Morgan fingerprint density at radius 2 is 0.833 bits per heavy atom. The number of para-hydroxylation sites is 4. The van der Waals surface area contributed by atoms with E-state index in [0.29, 0.717) is 35.1 Å². The molecule has 0 radical (unpaired) electrons. The number of aromatic nitrogens is 9. The summed E-state index contributed by atoms with van der Waals surface area (Å²) in [6.45, 7) is 0. The molecule has 5 aromatic heterocycles. The second-order valence-electron chi connectivity index (χ2n) is 16.1. The molecule has 0 atom stereocenters. The predicted molar refractivity (Wildman–Crippen MR) is 264 cm³/mol. The van der Waals surface area contributed by atoms with Gasteiger partial charge in [-0.1, -0.05) is 164 Å². The second kappa shape index (κ2) is 15.3. The fourth-order valence-electron chi connectivity index (χ4n) is 9.35. The first-order chi connectivity index (χ1) is 32.7. The highest BCUT2D eigenvalue weighted by Gasteiger charge is 2.25. The van der Waals surface area contributed by atoms with Crippen LogP contribution in [0.3, 0.4) is 0 Å². The molecule has 0 saturated heterocycles. The summed E-state index contributed by atoms with van der Waals surface area (Å²) in [6, 6.07) is 70.4. The first-order valence-electron chi connectivity index (χ1n) is 21.8. The fraction of sp³-hybridized carbons (Fsp3) is 0. The van der Waals surface area contributed by atoms with Crippen molar-refractivity contribution in [3.05, 3.63) is 212 Å². The summed E-state index contributed by atoms with van der Waals surface area (Å²) in [5, 5.41) is 5.39. The maximum absolute atomic E-state index is 5.30. The van der Waals surface area contributed by atoms with E-state index in [1.165, 1.54) is 0 Å². The lowest BCUT2D eigenvalue weighted by molar-refractivity contribution is 0.953. The van der Waals surface area contributed by atoms with Crippen LogP contribution in [-0.2, 0) is 0 Å². The zero-order valence-electron chi connectivity index (χ0n) is 35.2. The summed E-state index contributed by atoms with van der Waals surface area (Å²) in [6.07, 6.45) is 1.81. The zero-order valence-corrected chi connectivity index (χ0v) is 35.2. The Kier molecular flexibility index (Phi) is 8.63. The maximum atomic E-state index is 5.30. The van der Waals surface area contributed by atoms with E-state index in [1.54, 1.807) is 0 Å². The molecule has 66 heavy (non-hydrogen) atoms. The van der Waals surface area contributed by atoms with Crippen molar-refractivity contribution in [3.63, 3.8) is 0 Å². The number of pyridine rings is 1. The molecule has 0 spiro atoms. The summed E-state index contributed by atoms with van der Waals surface area (Å²) < 4.78 is 4.56. The molecule has 0 amide bonds. The third-order valence-electron chi connectivity index (χ3n) is 12.3. The molecule has 0 N–H and O–H groups in total. The Morgan fingerprint density at radius 3 is 1.53 bits per heavy atom. The van der Waals surface area contributed by atoms with Crippen LogP contribution < -0.4 is 0 Å². The normalized spacial score (nSPS) is 11.6. The fourth-order valence-corrected chi connectivity index (χ4v) is 9.35. The summed E-state index contributed by atoms with van der Waals surface area (Å²) in [5.41, 5.74) is 10.2. The molecule has 9 nitrogen and oxygen atoms in total. The minimum absolute atomic E-state index is 0.533. The minimum Gasteiger partial charge on any atom is -0.308 e. The molecule has 308 valence electrons. The van der Waals surface area contributed by atoms with Gasteiger partial charge in [0, 0.05) is 60.9 Å². The average molecular weight is 846 g/mol. The molecule has 5 heterocycles. The van der Waals surface area contributed by atoms with Gasteiger partial charge in [-0.05, 0) is 42.5 Å². The number of nitrogens with zero attached hydrogens (tertiary/aromatic N) is 9. The van der Waals surface area contributed by atoms with Crippen LogP contribution in [0.15, 0.2) is 212 Å². The Balaban J connectivity index is 1.10. The molecule has 0 aliphatic heterocycles. The molecule has 0 saturated carbocycles. The average Bonchev–Trinajstić information content (AvgIpc) is 3.92. The number of fused-ring (bicyclic) bond motifs is 8. The van der Waals surface area contributed by atoms with E-state index in [-0.39, 0.29) is 0 Å². The van der Waals surface area contributed by atoms with Gasteiger partial charge in [0.1, 0.15) is 0 Å². The largest absolute Gasteiger partial charge is 0.308 e. The van der Waals surface area contributed by atoms with Gasteiger partial charge in [-0.3, -0.25) is 9.55 Å². The second-order valence-corrected chi connectivity index (χ2v) is 16.1. The van der Waals surface area contributed by atoms with Gasteiger partial charge >= 0.3 is 0 Å². The molecule has 0 bridgehead atoms. The third kappa shape index (κ3) is 6.06. The summed E-state index contributed by atoms with van der Waals surface area (Å²) >= 11 is 0. The van der Waals surface area contributed by atoms with Crippen molar-refractivity contribution in [2.45, 2.75) is 0 Å². The van der Waals surface area contributed by atoms with Gasteiger partial charge < -0.3 is 4.57 Å². The molecule has 0 unspecified atom stereocenters.